The number of pyridine rings is 1. The molecule has 2 rings (SSSR count). The third-order valence-corrected chi connectivity index (χ3v) is 3.63. The van der Waals surface area contributed by atoms with Gasteiger partial charge in [0.25, 0.3) is 0 Å². The van der Waals surface area contributed by atoms with Crippen LogP contribution in [-0.2, 0) is 6.42 Å². The maximum Gasteiger partial charge on any atom is 0.0730 e. The van der Waals surface area contributed by atoms with Crippen molar-refractivity contribution in [3.8, 4) is 0 Å². The second kappa shape index (κ2) is 4.31. The molecule has 1 aliphatic carbocycles. The molecule has 1 fully saturated rings. The molecule has 2 atom stereocenters. The molecule has 2 nitrogen and oxygen atoms in total. The summed E-state index contributed by atoms with van der Waals surface area (Å²) in [6.45, 7) is 2.17. The first-order valence-corrected chi connectivity index (χ1v) is 5.87. The average molecular weight is 205 g/mol. The molecule has 0 spiro atoms. The van der Waals surface area contributed by atoms with Gasteiger partial charge in [0.1, 0.15) is 0 Å². The molecule has 0 amide bonds. The van der Waals surface area contributed by atoms with Crippen LogP contribution in [0.3, 0.4) is 0 Å². The van der Waals surface area contributed by atoms with E-state index in [1.54, 1.807) is 6.20 Å². The van der Waals surface area contributed by atoms with Crippen LogP contribution in [0.15, 0.2) is 24.4 Å². The topological polar surface area (TPSA) is 33.1 Å². The summed E-state index contributed by atoms with van der Waals surface area (Å²) in [6, 6.07) is 5.91. The number of hydrogen-bond acceptors (Lipinski definition) is 2. The second-order valence-electron chi connectivity index (χ2n) is 4.60. The fourth-order valence-corrected chi connectivity index (χ4v) is 2.76. The van der Waals surface area contributed by atoms with Crippen molar-refractivity contribution in [2.45, 2.75) is 44.6 Å². The molecule has 1 saturated carbocycles. The van der Waals surface area contributed by atoms with Gasteiger partial charge in [0.15, 0.2) is 0 Å². The van der Waals surface area contributed by atoms with Crippen molar-refractivity contribution in [2.75, 3.05) is 0 Å². The molecule has 0 aliphatic heterocycles. The number of hydrogen-bond donors (Lipinski definition) is 1. The van der Waals surface area contributed by atoms with Crippen molar-refractivity contribution in [2.24, 2.45) is 5.92 Å². The van der Waals surface area contributed by atoms with Gasteiger partial charge in [-0.15, -0.1) is 0 Å². The average Bonchev–Trinajstić information content (AvgIpc) is 2.60. The molecular formula is C13H19NO. The Labute approximate surface area is 91.4 Å². The number of aliphatic hydroxyl groups is 1. The minimum absolute atomic E-state index is 0.458. The molecule has 82 valence electrons. The van der Waals surface area contributed by atoms with Crippen molar-refractivity contribution in [3.05, 3.63) is 30.1 Å². The fraction of sp³-hybridized carbons (Fsp3) is 0.615. The predicted molar refractivity (Wildman–Crippen MR) is 60.5 cm³/mol. The highest BCUT2D eigenvalue weighted by Crippen LogP contribution is 2.39. The lowest BCUT2D eigenvalue weighted by Crippen LogP contribution is -2.35. The summed E-state index contributed by atoms with van der Waals surface area (Å²) in [7, 11) is 0. The van der Waals surface area contributed by atoms with E-state index in [9.17, 15) is 5.11 Å². The third kappa shape index (κ3) is 2.20. The van der Waals surface area contributed by atoms with Gasteiger partial charge >= 0.3 is 0 Å². The molecule has 1 aliphatic rings. The lowest BCUT2D eigenvalue weighted by molar-refractivity contribution is 0.000639. The molecule has 2 heteroatoms. The zero-order valence-electron chi connectivity index (χ0n) is 9.32. The lowest BCUT2D eigenvalue weighted by Gasteiger charge is -2.29. The van der Waals surface area contributed by atoms with E-state index in [2.05, 4.69) is 11.9 Å². The standard InChI is InChI=1S/C13H19NO/c1-2-11-6-5-8-13(11,15)10-12-7-3-4-9-14-12/h3-4,7,9,11,15H,2,5-6,8,10H2,1H3. The van der Waals surface area contributed by atoms with Crippen LogP contribution in [-0.4, -0.2) is 15.7 Å². The van der Waals surface area contributed by atoms with Gasteiger partial charge in [-0.25, -0.2) is 0 Å². The van der Waals surface area contributed by atoms with Crippen LogP contribution in [0.25, 0.3) is 0 Å². The van der Waals surface area contributed by atoms with Gasteiger partial charge in [0.05, 0.1) is 5.60 Å². The minimum atomic E-state index is -0.497. The Morgan fingerprint density at radius 3 is 3.07 bits per heavy atom. The highest BCUT2D eigenvalue weighted by molar-refractivity contribution is 5.09. The van der Waals surface area contributed by atoms with Gasteiger partial charge in [-0.2, -0.15) is 0 Å². The largest absolute Gasteiger partial charge is 0.389 e. The minimum Gasteiger partial charge on any atom is -0.389 e. The highest BCUT2D eigenvalue weighted by atomic mass is 16.3. The zero-order chi connectivity index (χ0) is 10.7. The molecule has 0 aromatic carbocycles. The van der Waals surface area contributed by atoms with Crippen molar-refractivity contribution in [3.63, 3.8) is 0 Å². The quantitative estimate of drug-likeness (QED) is 0.822. The zero-order valence-corrected chi connectivity index (χ0v) is 9.32. The smallest absolute Gasteiger partial charge is 0.0730 e. The Hall–Kier alpha value is -0.890. The van der Waals surface area contributed by atoms with Crippen LogP contribution in [0, 0.1) is 5.92 Å². The van der Waals surface area contributed by atoms with Crippen LogP contribution >= 0.6 is 0 Å². The monoisotopic (exact) mass is 205 g/mol. The third-order valence-electron chi connectivity index (χ3n) is 3.63. The maximum absolute atomic E-state index is 10.6. The summed E-state index contributed by atoms with van der Waals surface area (Å²) in [5.74, 6) is 0.458. The SMILES string of the molecule is CCC1CCCC1(O)Cc1ccccn1. The van der Waals surface area contributed by atoms with Crippen molar-refractivity contribution < 1.29 is 5.11 Å². The summed E-state index contributed by atoms with van der Waals surface area (Å²) >= 11 is 0. The first-order chi connectivity index (χ1) is 7.24. The molecule has 15 heavy (non-hydrogen) atoms. The van der Waals surface area contributed by atoms with Crippen LogP contribution in [0.1, 0.15) is 38.3 Å². The van der Waals surface area contributed by atoms with E-state index in [0.717, 1.165) is 25.0 Å². The van der Waals surface area contributed by atoms with E-state index in [4.69, 9.17) is 0 Å². The summed E-state index contributed by atoms with van der Waals surface area (Å²) < 4.78 is 0. The van der Waals surface area contributed by atoms with Gasteiger partial charge in [0.2, 0.25) is 0 Å². The van der Waals surface area contributed by atoms with Crippen LogP contribution in [0.5, 0.6) is 0 Å². The number of nitrogens with zero attached hydrogens (tertiary/aromatic N) is 1. The van der Waals surface area contributed by atoms with Gasteiger partial charge in [-0.1, -0.05) is 25.8 Å². The molecule has 1 N–H and O–H groups in total. The van der Waals surface area contributed by atoms with Crippen LogP contribution < -0.4 is 0 Å². The highest BCUT2D eigenvalue weighted by Gasteiger charge is 2.39. The summed E-state index contributed by atoms with van der Waals surface area (Å²) in [5, 5.41) is 10.6. The Balaban J connectivity index is 2.10. The van der Waals surface area contributed by atoms with Gasteiger partial charge in [-0.05, 0) is 30.9 Å². The first-order valence-electron chi connectivity index (χ1n) is 5.87. The second-order valence-corrected chi connectivity index (χ2v) is 4.60. The Kier molecular flexibility index (Phi) is 3.06. The van der Waals surface area contributed by atoms with Crippen LogP contribution in [0.4, 0.5) is 0 Å². The van der Waals surface area contributed by atoms with E-state index in [1.807, 2.05) is 18.2 Å². The maximum atomic E-state index is 10.6. The molecular weight excluding hydrogens is 186 g/mol. The number of aromatic nitrogens is 1. The molecule has 0 radical (unpaired) electrons. The van der Waals surface area contributed by atoms with E-state index in [0.29, 0.717) is 12.3 Å². The number of rotatable bonds is 3. The van der Waals surface area contributed by atoms with Crippen molar-refractivity contribution in [1.82, 2.24) is 4.98 Å². The predicted octanol–water partition coefficient (Wildman–Crippen LogP) is 2.57. The van der Waals surface area contributed by atoms with E-state index in [-0.39, 0.29) is 0 Å². The summed E-state index contributed by atoms with van der Waals surface area (Å²) in [5.41, 5.74) is 0.517. The normalized spacial score (nSPS) is 30.7. The van der Waals surface area contributed by atoms with Crippen LogP contribution in [0.2, 0.25) is 0 Å². The van der Waals surface area contributed by atoms with E-state index >= 15 is 0 Å². The Bertz CT molecular complexity index is 312. The molecule has 1 aromatic rings. The molecule has 0 saturated heterocycles. The summed E-state index contributed by atoms with van der Waals surface area (Å²) in [4.78, 5) is 4.30. The summed E-state index contributed by atoms with van der Waals surface area (Å²) in [6.07, 6.45) is 6.84. The molecule has 1 aromatic heterocycles. The lowest BCUT2D eigenvalue weighted by atomic mass is 9.85. The van der Waals surface area contributed by atoms with Gasteiger partial charge < -0.3 is 5.11 Å². The van der Waals surface area contributed by atoms with Gasteiger partial charge in [0, 0.05) is 18.3 Å². The molecule has 1 heterocycles. The van der Waals surface area contributed by atoms with Crippen molar-refractivity contribution in [1.29, 1.82) is 0 Å². The first kappa shape index (κ1) is 10.6. The molecule has 2 unspecified atom stereocenters. The van der Waals surface area contributed by atoms with E-state index < -0.39 is 5.60 Å². The Morgan fingerprint density at radius 2 is 2.40 bits per heavy atom. The Morgan fingerprint density at radius 1 is 1.53 bits per heavy atom. The molecule has 0 bridgehead atoms. The van der Waals surface area contributed by atoms with Gasteiger partial charge in [-0.3, -0.25) is 4.98 Å². The van der Waals surface area contributed by atoms with E-state index in [1.165, 1.54) is 6.42 Å². The fourth-order valence-electron chi connectivity index (χ4n) is 2.76. The van der Waals surface area contributed by atoms with Crippen molar-refractivity contribution >= 4 is 0 Å².